The van der Waals surface area contributed by atoms with Crippen molar-refractivity contribution in [3.8, 4) is 0 Å². The van der Waals surface area contributed by atoms with Gasteiger partial charge in [-0.3, -0.25) is 4.79 Å². The molecule has 0 amide bonds. The number of aliphatic carboxylic acids is 2. The lowest BCUT2D eigenvalue weighted by Gasteiger charge is -2.71. The van der Waals surface area contributed by atoms with E-state index in [-0.39, 0.29) is 47.0 Å². The van der Waals surface area contributed by atoms with Gasteiger partial charge in [0.1, 0.15) is 61.0 Å². The molecular weight excluding hydrogens is 897 g/mol. The fraction of sp³-hybridized carbons (Fsp3) is 0.917. The van der Waals surface area contributed by atoms with Gasteiger partial charge in [0, 0.05) is 10.8 Å². The molecule has 20 heteroatoms. The maximum absolute atomic E-state index is 12.6. The molecule has 26 atom stereocenters. The Bertz CT molecular complexity index is 1920. The minimum Gasteiger partial charge on any atom is -0.481 e. The summed E-state index contributed by atoms with van der Waals surface area (Å²) in [5.74, 6) is -2.71. The van der Waals surface area contributed by atoms with Crippen molar-refractivity contribution in [2.75, 3.05) is 13.2 Å². The topological polar surface area (TPSA) is 332 Å². The molecule has 0 aromatic heterocycles. The lowest BCUT2D eigenvalue weighted by atomic mass is 9.33. The Morgan fingerprint density at radius 3 is 1.93 bits per heavy atom. The smallest absolute Gasteiger partial charge is 0.335 e. The number of rotatable bonds is 10. The number of aliphatic hydroxyl groups excluding tert-OH is 10. The van der Waals surface area contributed by atoms with E-state index in [2.05, 4.69) is 33.8 Å². The predicted octanol–water partition coefficient (Wildman–Crippen LogP) is -0.231. The first-order valence-corrected chi connectivity index (χ1v) is 24.4. The number of hydrogen-bond acceptors (Lipinski definition) is 18. The Balaban J connectivity index is 1.08. The third-order valence-electron chi connectivity index (χ3n) is 19.8. The SMILES string of the molecule is CC1OC(O)C(OC2OC(CO)C(O)C(O)C2OC2C(OC3CCC4(C)C(CCC5(C)C4CC=C4C6CC(C)(C(=O)O)CC(O)C6(C)CCC45C)C3(C)CO)OC(C(=O)O)C(O)C2O)C(O)C1O. The molecule has 3 heterocycles. The van der Waals surface area contributed by atoms with Crippen LogP contribution in [-0.4, -0.2) is 191 Å². The summed E-state index contributed by atoms with van der Waals surface area (Å²) in [4.78, 5) is 25.1. The summed E-state index contributed by atoms with van der Waals surface area (Å²) < 4.78 is 35.7. The van der Waals surface area contributed by atoms with Crippen molar-refractivity contribution >= 4 is 11.9 Å². The first-order chi connectivity index (χ1) is 31.7. The largest absolute Gasteiger partial charge is 0.481 e. The highest BCUT2D eigenvalue weighted by Crippen LogP contribution is 2.76. The van der Waals surface area contributed by atoms with Crippen LogP contribution in [0.4, 0.5) is 0 Å². The van der Waals surface area contributed by atoms with Gasteiger partial charge in [-0.25, -0.2) is 4.79 Å². The molecule has 68 heavy (non-hydrogen) atoms. The first-order valence-electron chi connectivity index (χ1n) is 24.4. The van der Waals surface area contributed by atoms with E-state index in [4.69, 9.17) is 28.4 Å². The third kappa shape index (κ3) is 7.85. The zero-order chi connectivity index (χ0) is 50.0. The summed E-state index contributed by atoms with van der Waals surface area (Å²) in [5.41, 5.74) is -2.24. The van der Waals surface area contributed by atoms with Crippen LogP contribution in [0.1, 0.15) is 106 Å². The second kappa shape index (κ2) is 18.2. The van der Waals surface area contributed by atoms with Crippen LogP contribution in [0.25, 0.3) is 0 Å². The summed E-state index contributed by atoms with van der Waals surface area (Å²) in [7, 11) is 0. The highest BCUT2D eigenvalue weighted by molar-refractivity contribution is 5.74. The lowest BCUT2D eigenvalue weighted by molar-refractivity contribution is -0.387. The molecule has 3 saturated heterocycles. The van der Waals surface area contributed by atoms with E-state index < -0.39 is 139 Å². The Labute approximate surface area is 396 Å². The van der Waals surface area contributed by atoms with Crippen molar-refractivity contribution in [3.05, 3.63) is 11.6 Å². The monoisotopic (exact) mass is 972 g/mol. The minimum atomic E-state index is -2.12. The zero-order valence-corrected chi connectivity index (χ0v) is 40.0. The van der Waals surface area contributed by atoms with E-state index in [0.29, 0.717) is 32.1 Å². The molecule has 20 nitrogen and oxygen atoms in total. The van der Waals surface area contributed by atoms with Crippen molar-refractivity contribution < 1.29 is 99.3 Å². The number of carboxylic acid groups (broad SMARTS) is 2. The van der Waals surface area contributed by atoms with Gasteiger partial charge >= 0.3 is 11.9 Å². The van der Waals surface area contributed by atoms with E-state index in [9.17, 15) is 70.9 Å². The maximum atomic E-state index is 12.6. The number of ether oxygens (including phenoxy) is 6. The van der Waals surface area contributed by atoms with Gasteiger partial charge in [-0.1, -0.05) is 46.3 Å². The van der Waals surface area contributed by atoms with Crippen molar-refractivity contribution in [1.29, 1.82) is 0 Å². The van der Waals surface area contributed by atoms with Crippen LogP contribution in [-0.2, 0) is 38.0 Å². The van der Waals surface area contributed by atoms with E-state index in [1.54, 1.807) is 6.92 Å². The lowest BCUT2D eigenvalue weighted by Crippen LogP contribution is -2.69. The number of fused-ring (bicyclic) bond motifs is 7. The van der Waals surface area contributed by atoms with Gasteiger partial charge in [-0.2, -0.15) is 0 Å². The van der Waals surface area contributed by atoms with Crippen LogP contribution in [0.2, 0.25) is 0 Å². The van der Waals surface area contributed by atoms with E-state index in [1.165, 1.54) is 12.5 Å². The summed E-state index contributed by atoms with van der Waals surface area (Å²) in [6, 6.07) is 0. The molecule has 0 radical (unpaired) electrons. The fourth-order valence-corrected chi connectivity index (χ4v) is 15.2. The van der Waals surface area contributed by atoms with Crippen molar-refractivity contribution in [3.63, 3.8) is 0 Å². The second-order valence-electron chi connectivity index (χ2n) is 23.3. The normalized spacial score (nSPS) is 56.0. The van der Waals surface area contributed by atoms with Crippen LogP contribution in [0, 0.1) is 50.2 Å². The van der Waals surface area contributed by atoms with Crippen molar-refractivity contribution in [2.45, 2.75) is 211 Å². The van der Waals surface area contributed by atoms with E-state index in [0.717, 1.165) is 19.3 Å². The summed E-state index contributed by atoms with van der Waals surface area (Å²) in [6.45, 7) is 12.9. The Kier molecular flexibility index (Phi) is 14.0. The molecule has 388 valence electrons. The fourth-order valence-electron chi connectivity index (χ4n) is 15.2. The minimum absolute atomic E-state index is 0.114. The molecule has 12 N–H and O–H groups in total. The van der Waals surface area contributed by atoms with Gasteiger partial charge in [0.2, 0.25) is 0 Å². The van der Waals surface area contributed by atoms with Gasteiger partial charge in [-0.05, 0) is 106 Å². The van der Waals surface area contributed by atoms with Crippen LogP contribution < -0.4 is 0 Å². The number of allylic oxidation sites excluding steroid dienone is 2. The summed E-state index contributed by atoms with van der Waals surface area (Å²) >= 11 is 0. The van der Waals surface area contributed by atoms with Gasteiger partial charge in [0.05, 0.1) is 36.9 Å². The molecule has 3 aliphatic heterocycles. The molecule has 0 aromatic carbocycles. The second-order valence-corrected chi connectivity index (χ2v) is 23.3. The van der Waals surface area contributed by atoms with Gasteiger partial charge < -0.3 is 89.7 Å². The number of aliphatic hydroxyl groups is 10. The van der Waals surface area contributed by atoms with Crippen LogP contribution in [0.3, 0.4) is 0 Å². The van der Waals surface area contributed by atoms with Crippen molar-refractivity contribution in [1.82, 2.24) is 0 Å². The molecule has 7 fully saturated rings. The first kappa shape index (κ1) is 52.4. The van der Waals surface area contributed by atoms with Gasteiger partial charge in [0.25, 0.3) is 0 Å². The molecule has 0 aromatic rings. The molecule has 8 rings (SSSR count). The average molecular weight is 973 g/mol. The number of hydrogen-bond donors (Lipinski definition) is 12. The molecular formula is C48H76O20. The molecule has 4 saturated carbocycles. The third-order valence-corrected chi connectivity index (χ3v) is 19.8. The predicted molar refractivity (Wildman–Crippen MR) is 233 cm³/mol. The number of carbonyl (C=O) groups is 2. The van der Waals surface area contributed by atoms with Gasteiger partial charge in [-0.15, -0.1) is 0 Å². The Morgan fingerprint density at radius 1 is 0.676 bits per heavy atom. The van der Waals surface area contributed by atoms with Crippen LogP contribution >= 0.6 is 0 Å². The molecule has 0 bridgehead atoms. The van der Waals surface area contributed by atoms with E-state index in [1.807, 2.05) is 6.92 Å². The quantitative estimate of drug-likeness (QED) is 0.0994. The average Bonchev–Trinajstić information content (AvgIpc) is 3.27. The number of carboxylic acids is 2. The Morgan fingerprint density at radius 2 is 1.31 bits per heavy atom. The van der Waals surface area contributed by atoms with E-state index >= 15 is 0 Å². The molecule has 5 aliphatic carbocycles. The van der Waals surface area contributed by atoms with Crippen LogP contribution in [0.15, 0.2) is 11.6 Å². The highest BCUT2D eigenvalue weighted by atomic mass is 16.8. The van der Waals surface area contributed by atoms with Crippen molar-refractivity contribution in [2.24, 2.45) is 50.2 Å². The van der Waals surface area contributed by atoms with Crippen LogP contribution in [0.5, 0.6) is 0 Å². The standard InChI is InChI=1S/C48H76O20/c1-20-28(52)30(54)35(39(60)63-20)68-40-36(31(55)29(53)23(18-49)64-40)66-37-33(57)32(56)34(38(58)59)67-41(37)65-27-11-12-45(4)24(46(27,5)19-50)10-13-48(7)25(45)9-8-21-22-16-43(2,42(61)62)17-26(51)44(22,3)14-15-47(21,48)6/h8,20,22-37,39-41,49-57,60H,9-19H2,1-7H3,(H,58,59)(H,61,62). The molecule has 8 aliphatic rings. The summed E-state index contributed by atoms with van der Waals surface area (Å²) in [6.07, 6.45) is -20.9. The highest BCUT2D eigenvalue weighted by Gasteiger charge is 2.70. The summed E-state index contributed by atoms with van der Waals surface area (Å²) in [5, 5.41) is 131. The molecule has 26 unspecified atom stereocenters. The Hall–Kier alpha value is -1.96. The molecule has 0 spiro atoms. The van der Waals surface area contributed by atoms with Gasteiger partial charge in [0.15, 0.2) is 25.0 Å². The zero-order valence-electron chi connectivity index (χ0n) is 40.0. The maximum Gasteiger partial charge on any atom is 0.335 e.